The van der Waals surface area contributed by atoms with E-state index in [0.29, 0.717) is 22.7 Å². The second kappa shape index (κ2) is 8.52. The zero-order chi connectivity index (χ0) is 19.5. The zero-order valence-corrected chi connectivity index (χ0v) is 16.7. The Morgan fingerprint density at radius 1 is 1.62 bits per heavy atom. The molecule has 2 heterocycles. The number of fused-ring (bicyclic) bond motifs is 1. The van der Waals surface area contributed by atoms with Crippen LogP contribution in [0.25, 0.3) is 0 Å². The summed E-state index contributed by atoms with van der Waals surface area (Å²) in [6.45, 7) is 3.79. The number of carbonyl (C=O) groups is 1. The van der Waals surface area contributed by atoms with E-state index in [0.717, 1.165) is 23.3 Å². The Bertz CT molecular complexity index is 781. The molecule has 2 unspecified atom stereocenters. The molecule has 0 radical (unpaired) electrons. The molecule has 10 nitrogen and oxygen atoms in total. The number of rotatable bonds is 8. The Kier molecular flexibility index (Phi) is 6.85. The topological polar surface area (TPSA) is 145 Å². The van der Waals surface area contributed by atoms with Crippen LogP contribution < -0.4 is 10.6 Å². The van der Waals surface area contributed by atoms with Crippen LogP contribution in [-0.2, 0) is 19.5 Å². The Morgan fingerprint density at radius 3 is 2.92 bits per heavy atom. The van der Waals surface area contributed by atoms with Crippen molar-refractivity contribution in [3.8, 4) is 0 Å². The molecular formula is C13H20N4O6S3. The average molecular weight is 425 g/mol. The van der Waals surface area contributed by atoms with Crippen LogP contribution >= 0.6 is 23.3 Å². The third-order valence-electron chi connectivity index (χ3n) is 3.96. The number of carbonyl (C=O) groups excluding carboxylic acids is 1. The molecule has 146 valence electrons. The van der Waals surface area contributed by atoms with Gasteiger partial charge in [0.05, 0.1) is 21.9 Å². The molecular weight excluding hydrogens is 404 g/mol. The first-order chi connectivity index (χ1) is 12.2. The molecule has 2 atom stereocenters. The SMILES string of the molecule is CCN(N)C1CC(C)S(=O)(=O)c2sc(SNC(=O)CCO[N+](=O)[O-])cc21. The number of hydrogen-bond donors (Lipinski definition) is 2. The van der Waals surface area contributed by atoms with Crippen LogP contribution in [0.5, 0.6) is 0 Å². The Labute approximate surface area is 159 Å². The molecule has 1 amide bonds. The minimum atomic E-state index is -3.42. The molecule has 0 aromatic carbocycles. The lowest BCUT2D eigenvalue weighted by Gasteiger charge is -2.32. The molecule has 0 saturated carbocycles. The smallest absolute Gasteiger partial charge is 0.294 e. The fraction of sp³-hybridized carbons (Fsp3) is 0.615. The van der Waals surface area contributed by atoms with Crippen LogP contribution in [0, 0.1) is 10.1 Å². The zero-order valence-electron chi connectivity index (χ0n) is 14.2. The third kappa shape index (κ3) is 4.65. The maximum atomic E-state index is 12.6. The molecule has 0 aliphatic carbocycles. The van der Waals surface area contributed by atoms with Crippen molar-refractivity contribution in [3.63, 3.8) is 0 Å². The van der Waals surface area contributed by atoms with Crippen LogP contribution in [0.4, 0.5) is 0 Å². The van der Waals surface area contributed by atoms with Crippen molar-refractivity contribution in [2.75, 3.05) is 13.2 Å². The number of nitrogens with one attached hydrogen (secondary N) is 1. The molecule has 1 aromatic rings. The first kappa shape index (κ1) is 20.9. The third-order valence-corrected chi connectivity index (χ3v) is 8.80. The van der Waals surface area contributed by atoms with Gasteiger partial charge in [-0.05, 0) is 31.4 Å². The molecule has 0 bridgehead atoms. The fourth-order valence-corrected chi connectivity index (χ4v) is 6.96. The van der Waals surface area contributed by atoms with Crippen molar-refractivity contribution in [1.29, 1.82) is 0 Å². The minimum absolute atomic E-state index is 0.177. The molecule has 0 saturated heterocycles. The van der Waals surface area contributed by atoms with Gasteiger partial charge in [-0.25, -0.2) is 13.4 Å². The van der Waals surface area contributed by atoms with Gasteiger partial charge >= 0.3 is 0 Å². The van der Waals surface area contributed by atoms with Gasteiger partial charge in [-0.3, -0.25) is 15.4 Å². The second-order valence-electron chi connectivity index (χ2n) is 5.68. The van der Waals surface area contributed by atoms with E-state index in [9.17, 15) is 23.3 Å². The van der Waals surface area contributed by atoms with Crippen molar-refractivity contribution in [3.05, 3.63) is 21.7 Å². The molecule has 1 aliphatic rings. The predicted molar refractivity (Wildman–Crippen MR) is 96.5 cm³/mol. The molecule has 2 rings (SSSR count). The fourth-order valence-electron chi connectivity index (χ4n) is 2.53. The molecule has 13 heteroatoms. The highest BCUT2D eigenvalue weighted by Gasteiger charge is 2.40. The van der Waals surface area contributed by atoms with E-state index < -0.39 is 26.1 Å². The summed E-state index contributed by atoms with van der Waals surface area (Å²) < 4.78 is 28.6. The molecule has 26 heavy (non-hydrogen) atoms. The van der Waals surface area contributed by atoms with Gasteiger partial charge < -0.3 is 4.84 Å². The highest BCUT2D eigenvalue weighted by molar-refractivity contribution is 8.00. The van der Waals surface area contributed by atoms with Crippen molar-refractivity contribution in [2.24, 2.45) is 5.84 Å². The molecule has 1 aromatic heterocycles. The van der Waals surface area contributed by atoms with E-state index in [2.05, 4.69) is 9.56 Å². The summed E-state index contributed by atoms with van der Waals surface area (Å²) in [7, 11) is -3.42. The van der Waals surface area contributed by atoms with E-state index in [1.54, 1.807) is 18.0 Å². The van der Waals surface area contributed by atoms with Crippen LogP contribution in [-0.4, -0.2) is 42.8 Å². The first-order valence-electron chi connectivity index (χ1n) is 7.78. The number of hydrazine groups is 1. The van der Waals surface area contributed by atoms with E-state index in [4.69, 9.17) is 5.84 Å². The Hall–Kier alpha value is -1.41. The van der Waals surface area contributed by atoms with Crippen molar-refractivity contribution in [2.45, 2.75) is 46.4 Å². The minimum Gasteiger partial charge on any atom is -0.313 e. The number of amides is 1. The van der Waals surface area contributed by atoms with Gasteiger partial charge in [0.2, 0.25) is 5.91 Å². The van der Waals surface area contributed by atoms with E-state index >= 15 is 0 Å². The summed E-state index contributed by atoms with van der Waals surface area (Å²) in [4.78, 5) is 25.8. The molecule has 1 aliphatic heterocycles. The summed E-state index contributed by atoms with van der Waals surface area (Å²) in [5.41, 5.74) is 0.644. The van der Waals surface area contributed by atoms with Gasteiger partial charge in [-0.1, -0.05) is 6.92 Å². The summed E-state index contributed by atoms with van der Waals surface area (Å²) in [6.07, 6.45) is 0.231. The van der Waals surface area contributed by atoms with Gasteiger partial charge in [-0.2, -0.15) is 0 Å². The van der Waals surface area contributed by atoms with Crippen molar-refractivity contribution >= 4 is 39.0 Å². The summed E-state index contributed by atoms with van der Waals surface area (Å²) >= 11 is 2.06. The molecule has 0 spiro atoms. The van der Waals surface area contributed by atoms with Crippen molar-refractivity contribution in [1.82, 2.24) is 9.73 Å². The number of nitrogens with two attached hydrogens (primary N) is 1. The van der Waals surface area contributed by atoms with Gasteiger partial charge in [0.25, 0.3) is 5.09 Å². The van der Waals surface area contributed by atoms with E-state index in [1.165, 1.54) is 0 Å². The summed E-state index contributed by atoms with van der Waals surface area (Å²) in [5, 5.41) is 10.2. The van der Waals surface area contributed by atoms with Gasteiger partial charge in [-0.15, -0.1) is 21.5 Å². The van der Waals surface area contributed by atoms with Crippen LogP contribution in [0.3, 0.4) is 0 Å². The van der Waals surface area contributed by atoms with Gasteiger partial charge in [0.15, 0.2) is 9.84 Å². The van der Waals surface area contributed by atoms with Gasteiger partial charge in [0.1, 0.15) is 10.8 Å². The quantitative estimate of drug-likeness (QED) is 0.273. The highest BCUT2D eigenvalue weighted by atomic mass is 32.2. The molecule has 0 fully saturated rings. The second-order valence-corrected chi connectivity index (χ2v) is 10.4. The monoisotopic (exact) mass is 424 g/mol. The van der Waals surface area contributed by atoms with Crippen LogP contribution in [0.1, 0.15) is 38.3 Å². The van der Waals surface area contributed by atoms with Crippen molar-refractivity contribution < 1.29 is 23.1 Å². The largest absolute Gasteiger partial charge is 0.313 e. The number of nitrogens with zero attached hydrogens (tertiary/aromatic N) is 2. The van der Waals surface area contributed by atoms with Crippen LogP contribution in [0.2, 0.25) is 0 Å². The highest BCUT2D eigenvalue weighted by Crippen LogP contribution is 2.45. The number of thiophene rings is 1. The lowest BCUT2D eigenvalue weighted by Crippen LogP contribution is -2.40. The number of sulfone groups is 1. The van der Waals surface area contributed by atoms with E-state index in [-0.39, 0.29) is 23.3 Å². The van der Waals surface area contributed by atoms with Crippen LogP contribution in [0.15, 0.2) is 14.5 Å². The summed E-state index contributed by atoms with van der Waals surface area (Å²) in [5.74, 6) is 5.57. The standard InChI is InChI=1S/C13H20N4O6S3/c1-3-16(14)10-6-8(2)26(21,22)13-9(10)7-12(24-13)25-15-11(18)4-5-23-17(19)20/h7-8,10H,3-6,14H2,1-2H3,(H,15,18). The Balaban J connectivity index is 2.11. The lowest BCUT2D eigenvalue weighted by molar-refractivity contribution is -0.757. The van der Waals surface area contributed by atoms with Gasteiger partial charge in [0, 0.05) is 12.1 Å². The summed E-state index contributed by atoms with van der Waals surface area (Å²) in [6, 6.07) is 1.52. The number of hydrogen-bond acceptors (Lipinski definition) is 10. The maximum Gasteiger partial charge on any atom is 0.294 e. The van der Waals surface area contributed by atoms with E-state index in [1.807, 2.05) is 6.92 Å². The lowest BCUT2D eigenvalue weighted by atomic mass is 10.0. The Morgan fingerprint density at radius 2 is 2.31 bits per heavy atom. The normalized spacial score (nSPS) is 21.2. The molecule has 3 N–H and O–H groups in total. The first-order valence-corrected chi connectivity index (χ1v) is 11.0. The predicted octanol–water partition coefficient (Wildman–Crippen LogP) is 1.27. The average Bonchev–Trinajstić information content (AvgIpc) is 3.01. The maximum absolute atomic E-state index is 12.6.